The number of carbonyl (C=O) groups is 2. The second-order valence-corrected chi connectivity index (χ2v) is 5.45. The molecule has 1 aliphatic rings. The van der Waals surface area contributed by atoms with Gasteiger partial charge in [0.15, 0.2) is 0 Å². The molecule has 1 atom stereocenters. The van der Waals surface area contributed by atoms with E-state index in [2.05, 4.69) is 22.6 Å². The molecule has 1 aliphatic heterocycles. The molecule has 6 heteroatoms. The van der Waals surface area contributed by atoms with Crippen molar-refractivity contribution in [3.8, 4) is 0 Å². The molecular formula is C15H21N3O3. The van der Waals surface area contributed by atoms with Gasteiger partial charge in [-0.2, -0.15) is 0 Å². The van der Waals surface area contributed by atoms with Gasteiger partial charge in [0.05, 0.1) is 5.56 Å². The Kier molecular flexibility index (Phi) is 4.80. The van der Waals surface area contributed by atoms with Crippen molar-refractivity contribution in [1.82, 2.24) is 10.2 Å². The Balaban J connectivity index is 1.93. The average molecular weight is 291 g/mol. The molecule has 0 aliphatic carbocycles. The molecule has 3 N–H and O–H groups in total. The number of aryl methyl sites for hydroxylation is 1. The van der Waals surface area contributed by atoms with E-state index >= 15 is 0 Å². The number of benzene rings is 1. The molecule has 6 nitrogen and oxygen atoms in total. The minimum atomic E-state index is -1.01. The van der Waals surface area contributed by atoms with Crippen molar-refractivity contribution < 1.29 is 14.7 Å². The highest BCUT2D eigenvalue weighted by atomic mass is 16.4. The van der Waals surface area contributed by atoms with Crippen molar-refractivity contribution in [3.63, 3.8) is 0 Å². The molecule has 1 unspecified atom stereocenters. The van der Waals surface area contributed by atoms with Gasteiger partial charge in [-0.15, -0.1) is 0 Å². The topological polar surface area (TPSA) is 81.7 Å². The first-order chi connectivity index (χ1) is 9.97. The number of nitrogens with zero attached hydrogens (tertiary/aromatic N) is 1. The summed E-state index contributed by atoms with van der Waals surface area (Å²) in [6, 6.07) is 4.75. The van der Waals surface area contributed by atoms with Crippen LogP contribution in [0.4, 0.5) is 10.5 Å². The summed E-state index contributed by atoms with van der Waals surface area (Å²) in [5.41, 5.74) is 1.51. The fourth-order valence-electron chi connectivity index (χ4n) is 2.50. The molecule has 1 aromatic rings. The lowest BCUT2D eigenvalue weighted by Gasteiger charge is -2.20. The van der Waals surface area contributed by atoms with Crippen LogP contribution in [-0.4, -0.2) is 48.2 Å². The number of urea groups is 1. The molecule has 21 heavy (non-hydrogen) atoms. The molecule has 114 valence electrons. The average Bonchev–Trinajstić information content (AvgIpc) is 2.84. The number of carboxylic acid groups (broad SMARTS) is 1. The fourth-order valence-corrected chi connectivity index (χ4v) is 2.50. The van der Waals surface area contributed by atoms with E-state index in [-0.39, 0.29) is 11.6 Å². The van der Waals surface area contributed by atoms with Crippen molar-refractivity contribution in [1.29, 1.82) is 0 Å². The van der Waals surface area contributed by atoms with Gasteiger partial charge >= 0.3 is 12.0 Å². The van der Waals surface area contributed by atoms with Crippen molar-refractivity contribution in [2.75, 3.05) is 25.5 Å². The van der Waals surface area contributed by atoms with Crippen LogP contribution in [0.25, 0.3) is 0 Å². The lowest BCUT2D eigenvalue weighted by molar-refractivity contribution is 0.0697. The molecule has 1 heterocycles. The molecule has 0 aromatic heterocycles. The highest BCUT2D eigenvalue weighted by Crippen LogP contribution is 2.17. The number of likely N-dealkylation sites (tertiary alicyclic amines) is 1. The summed E-state index contributed by atoms with van der Waals surface area (Å²) in [4.78, 5) is 25.1. The third kappa shape index (κ3) is 3.95. The van der Waals surface area contributed by atoms with Crippen molar-refractivity contribution in [3.05, 3.63) is 29.3 Å². The summed E-state index contributed by atoms with van der Waals surface area (Å²) in [6.07, 6.45) is 2.24. The molecule has 1 fully saturated rings. The lowest BCUT2D eigenvalue weighted by Crippen LogP contribution is -2.40. The Hall–Kier alpha value is -2.08. The van der Waals surface area contributed by atoms with E-state index in [4.69, 9.17) is 5.11 Å². The van der Waals surface area contributed by atoms with Crippen LogP contribution >= 0.6 is 0 Å². The zero-order chi connectivity index (χ0) is 15.4. The number of rotatable bonds is 4. The van der Waals surface area contributed by atoms with E-state index in [1.165, 1.54) is 12.1 Å². The molecule has 0 radical (unpaired) electrons. The van der Waals surface area contributed by atoms with Crippen LogP contribution in [0.5, 0.6) is 0 Å². The number of likely N-dealkylation sites (N-methyl/N-ethyl adjacent to an activating group) is 1. The molecule has 2 rings (SSSR count). The number of hydrogen-bond donors (Lipinski definition) is 3. The van der Waals surface area contributed by atoms with Crippen molar-refractivity contribution in [2.24, 2.45) is 0 Å². The fraction of sp³-hybridized carbons (Fsp3) is 0.467. The maximum Gasteiger partial charge on any atom is 0.335 e. The first kappa shape index (κ1) is 15.3. The Labute approximate surface area is 124 Å². The summed E-state index contributed by atoms with van der Waals surface area (Å²) >= 11 is 0. The van der Waals surface area contributed by atoms with E-state index in [1.807, 2.05) is 6.92 Å². The predicted molar refractivity (Wildman–Crippen MR) is 80.8 cm³/mol. The summed E-state index contributed by atoms with van der Waals surface area (Å²) < 4.78 is 0. The van der Waals surface area contributed by atoms with E-state index in [0.29, 0.717) is 18.3 Å². The van der Waals surface area contributed by atoms with Gasteiger partial charge in [-0.25, -0.2) is 9.59 Å². The maximum atomic E-state index is 11.9. The third-order valence-corrected chi connectivity index (χ3v) is 3.90. The number of amides is 2. The van der Waals surface area contributed by atoms with Crippen LogP contribution in [0, 0.1) is 6.92 Å². The van der Waals surface area contributed by atoms with Gasteiger partial charge in [-0.3, -0.25) is 0 Å². The second-order valence-electron chi connectivity index (χ2n) is 5.45. The first-order valence-electron chi connectivity index (χ1n) is 7.06. The largest absolute Gasteiger partial charge is 0.478 e. The second kappa shape index (κ2) is 6.58. The summed E-state index contributed by atoms with van der Waals surface area (Å²) in [6.45, 7) is 3.49. The van der Waals surface area contributed by atoms with Crippen LogP contribution in [0.2, 0.25) is 0 Å². The molecule has 0 saturated carbocycles. The third-order valence-electron chi connectivity index (χ3n) is 3.90. The highest BCUT2D eigenvalue weighted by molar-refractivity contribution is 5.93. The van der Waals surface area contributed by atoms with E-state index in [1.54, 1.807) is 6.07 Å². The van der Waals surface area contributed by atoms with Gasteiger partial charge in [0.25, 0.3) is 0 Å². The SMILES string of the molecule is Cc1ccc(C(=O)O)cc1NC(=O)NCC1CCCN1C. The van der Waals surface area contributed by atoms with Gasteiger partial charge in [0, 0.05) is 18.3 Å². The summed E-state index contributed by atoms with van der Waals surface area (Å²) in [5.74, 6) is -1.01. The zero-order valence-corrected chi connectivity index (χ0v) is 12.3. The number of aromatic carboxylic acids is 1. The standard InChI is InChI=1S/C15H21N3O3/c1-10-5-6-11(14(19)20)8-13(10)17-15(21)16-9-12-4-3-7-18(12)2/h5-6,8,12H,3-4,7,9H2,1-2H3,(H,19,20)(H2,16,17,21). The number of anilines is 1. The molecule has 0 bridgehead atoms. The minimum Gasteiger partial charge on any atom is -0.478 e. The minimum absolute atomic E-state index is 0.159. The van der Waals surface area contributed by atoms with E-state index in [9.17, 15) is 9.59 Å². The molecular weight excluding hydrogens is 270 g/mol. The number of carboxylic acids is 1. The molecule has 2 amide bonds. The smallest absolute Gasteiger partial charge is 0.335 e. The predicted octanol–water partition coefficient (Wildman–Crippen LogP) is 1.91. The van der Waals surface area contributed by atoms with Crippen LogP contribution in [0.1, 0.15) is 28.8 Å². The van der Waals surface area contributed by atoms with Gasteiger partial charge in [-0.05, 0) is 51.1 Å². The zero-order valence-electron chi connectivity index (χ0n) is 12.3. The Morgan fingerprint density at radius 3 is 2.81 bits per heavy atom. The van der Waals surface area contributed by atoms with Crippen molar-refractivity contribution >= 4 is 17.7 Å². The Morgan fingerprint density at radius 1 is 1.43 bits per heavy atom. The number of hydrogen-bond acceptors (Lipinski definition) is 3. The van der Waals surface area contributed by atoms with Crippen LogP contribution in [0.3, 0.4) is 0 Å². The quantitative estimate of drug-likeness (QED) is 0.791. The van der Waals surface area contributed by atoms with Crippen LogP contribution in [-0.2, 0) is 0 Å². The highest BCUT2D eigenvalue weighted by Gasteiger charge is 2.21. The molecule has 1 saturated heterocycles. The van der Waals surface area contributed by atoms with Crippen LogP contribution < -0.4 is 10.6 Å². The summed E-state index contributed by atoms with van der Waals surface area (Å²) in [7, 11) is 2.05. The first-order valence-corrected chi connectivity index (χ1v) is 7.06. The summed E-state index contributed by atoms with van der Waals surface area (Å²) in [5, 5.41) is 14.5. The van der Waals surface area contributed by atoms with Gasteiger partial charge in [0.2, 0.25) is 0 Å². The van der Waals surface area contributed by atoms with Gasteiger partial charge in [0.1, 0.15) is 0 Å². The van der Waals surface area contributed by atoms with Crippen LogP contribution in [0.15, 0.2) is 18.2 Å². The monoisotopic (exact) mass is 291 g/mol. The number of carbonyl (C=O) groups excluding carboxylic acids is 1. The molecule has 1 aromatic carbocycles. The van der Waals surface area contributed by atoms with Gasteiger partial charge in [-0.1, -0.05) is 6.07 Å². The van der Waals surface area contributed by atoms with Gasteiger partial charge < -0.3 is 20.6 Å². The lowest BCUT2D eigenvalue weighted by atomic mass is 10.1. The number of nitrogens with one attached hydrogen (secondary N) is 2. The van der Waals surface area contributed by atoms with E-state index in [0.717, 1.165) is 24.9 Å². The Morgan fingerprint density at radius 2 is 2.19 bits per heavy atom. The Bertz CT molecular complexity index is 545. The maximum absolute atomic E-state index is 11.9. The molecule has 0 spiro atoms. The van der Waals surface area contributed by atoms with E-state index < -0.39 is 5.97 Å². The van der Waals surface area contributed by atoms with Crippen molar-refractivity contribution in [2.45, 2.75) is 25.8 Å². The normalized spacial score (nSPS) is 18.5.